The monoisotopic (exact) mass is 390 g/mol. The second-order valence-electron chi connectivity index (χ2n) is 6.56. The zero-order chi connectivity index (χ0) is 20.4. The maximum atomic E-state index is 5.50. The number of hydrogen-bond donors (Lipinski definition) is 1. The minimum atomic E-state index is 0.643. The van der Waals surface area contributed by atoms with Crippen LogP contribution in [0.5, 0.6) is 17.2 Å². The summed E-state index contributed by atoms with van der Waals surface area (Å²) >= 11 is 0. The van der Waals surface area contributed by atoms with Gasteiger partial charge in [-0.3, -0.25) is 9.67 Å². The lowest BCUT2D eigenvalue weighted by Crippen LogP contribution is -1.96. The molecule has 0 aliphatic rings. The van der Waals surface area contributed by atoms with E-state index in [1.165, 1.54) is 0 Å². The Balaban J connectivity index is 1.78. The first-order valence-corrected chi connectivity index (χ1v) is 9.07. The van der Waals surface area contributed by atoms with Crippen LogP contribution in [0.15, 0.2) is 55.0 Å². The molecule has 7 heteroatoms. The molecule has 2 aromatic heterocycles. The van der Waals surface area contributed by atoms with E-state index in [4.69, 9.17) is 14.2 Å². The molecule has 4 rings (SSSR count). The SMILES string of the molecule is COc1cc(Nc2ccnc3cc(OC)c(OC)cc23)cc(-c2cnn(C)c2)c1. The van der Waals surface area contributed by atoms with Crippen LogP contribution in [0.25, 0.3) is 22.0 Å². The molecule has 0 bridgehead atoms. The number of benzene rings is 2. The number of nitrogens with one attached hydrogen (secondary N) is 1. The van der Waals surface area contributed by atoms with Gasteiger partial charge in [0.25, 0.3) is 0 Å². The predicted octanol–water partition coefficient (Wildman–Crippen LogP) is 4.40. The standard InChI is InChI=1S/C22H22N4O3/c1-26-13-15(12-24-26)14-7-16(9-17(8-14)27-2)25-19-5-6-23-20-11-22(29-4)21(28-3)10-18(19)20/h5-13H,1-4H3,(H,23,25). The molecule has 0 saturated carbocycles. The van der Waals surface area contributed by atoms with Crippen molar-refractivity contribution in [1.82, 2.24) is 14.8 Å². The van der Waals surface area contributed by atoms with Crippen molar-refractivity contribution in [2.45, 2.75) is 0 Å². The lowest BCUT2D eigenvalue weighted by molar-refractivity contribution is 0.356. The van der Waals surface area contributed by atoms with Crippen molar-refractivity contribution in [1.29, 1.82) is 0 Å². The van der Waals surface area contributed by atoms with Crippen molar-refractivity contribution in [2.75, 3.05) is 26.6 Å². The smallest absolute Gasteiger partial charge is 0.162 e. The van der Waals surface area contributed by atoms with Crippen LogP contribution in [0, 0.1) is 0 Å². The molecule has 0 atom stereocenters. The molecular formula is C22H22N4O3. The number of fused-ring (bicyclic) bond motifs is 1. The molecule has 0 amide bonds. The Bertz CT molecular complexity index is 1170. The Labute approximate surface area is 168 Å². The summed E-state index contributed by atoms with van der Waals surface area (Å²) in [7, 11) is 6.79. The number of aryl methyl sites for hydroxylation is 1. The summed E-state index contributed by atoms with van der Waals surface area (Å²) < 4.78 is 18.1. The van der Waals surface area contributed by atoms with Gasteiger partial charge in [-0.2, -0.15) is 5.10 Å². The molecule has 0 radical (unpaired) electrons. The normalized spacial score (nSPS) is 10.8. The Morgan fingerprint density at radius 3 is 2.38 bits per heavy atom. The summed E-state index contributed by atoms with van der Waals surface area (Å²) in [5, 5.41) is 8.67. The number of pyridine rings is 1. The highest BCUT2D eigenvalue weighted by molar-refractivity contribution is 5.95. The van der Waals surface area contributed by atoms with Crippen LogP contribution in [0.4, 0.5) is 11.4 Å². The lowest BCUT2D eigenvalue weighted by Gasteiger charge is -2.14. The predicted molar refractivity (Wildman–Crippen MR) is 113 cm³/mol. The number of anilines is 2. The summed E-state index contributed by atoms with van der Waals surface area (Å²) in [5.74, 6) is 2.05. The van der Waals surface area contributed by atoms with E-state index in [2.05, 4.69) is 21.5 Å². The van der Waals surface area contributed by atoms with Crippen LogP contribution in [0.2, 0.25) is 0 Å². The van der Waals surface area contributed by atoms with Gasteiger partial charge in [-0.1, -0.05) is 0 Å². The van der Waals surface area contributed by atoms with Crippen LogP contribution in [0.3, 0.4) is 0 Å². The Morgan fingerprint density at radius 2 is 1.69 bits per heavy atom. The molecule has 148 valence electrons. The molecule has 2 heterocycles. The van der Waals surface area contributed by atoms with Gasteiger partial charge >= 0.3 is 0 Å². The van der Waals surface area contributed by atoms with Crippen LogP contribution in [0.1, 0.15) is 0 Å². The van der Waals surface area contributed by atoms with E-state index < -0.39 is 0 Å². The number of ether oxygens (including phenoxy) is 3. The van der Waals surface area contributed by atoms with E-state index in [-0.39, 0.29) is 0 Å². The number of aromatic nitrogens is 3. The summed E-state index contributed by atoms with van der Waals surface area (Å²) in [5.41, 5.74) is 4.63. The second kappa shape index (κ2) is 7.71. The van der Waals surface area contributed by atoms with Crippen molar-refractivity contribution >= 4 is 22.3 Å². The topological polar surface area (TPSA) is 70.4 Å². The van der Waals surface area contributed by atoms with Gasteiger partial charge in [0, 0.05) is 53.9 Å². The third kappa shape index (κ3) is 3.67. The molecule has 0 fully saturated rings. The largest absolute Gasteiger partial charge is 0.497 e. The molecule has 7 nitrogen and oxygen atoms in total. The molecular weight excluding hydrogens is 368 g/mol. The van der Waals surface area contributed by atoms with Gasteiger partial charge in [0.15, 0.2) is 11.5 Å². The van der Waals surface area contributed by atoms with Crippen molar-refractivity contribution in [2.24, 2.45) is 7.05 Å². The average Bonchev–Trinajstić information content (AvgIpc) is 3.19. The average molecular weight is 390 g/mol. The van der Waals surface area contributed by atoms with E-state index in [1.807, 2.05) is 49.8 Å². The van der Waals surface area contributed by atoms with Crippen molar-refractivity contribution in [3.63, 3.8) is 0 Å². The molecule has 0 aliphatic carbocycles. The first kappa shape index (κ1) is 18.6. The van der Waals surface area contributed by atoms with Crippen LogP contribution < -0.4 is 19.5 Å². The molecule has 0 unspecified atom stereocenters. The minimum Gasteiger partial charge on any atom is -0.497 e. The number of methoxy groups -OCH3 is 3. The summed E-state index contributed by atoms with van der Waals surface area (Å²) in [6.45, 7) is 0. The van der Waals surface area contributed by atoms with Gasteiger partial charge in [-0.15, -0.1) is 0 Å². The summed E-state index contributed by atoms with van der Waals surface area (Å²) in [4.78, 5) is 4.46. The van der Waals surface area contributed by atoms with Gasteiger partial charge < -0.3 is 19.5 Å². The third-order valence-corrected chi connectivity index (χ3v) is 4.71. The quantitative estimate of drug-likeness (QED) is 0.526. The first-order chi connectivity index (χ1) is 14.1. The zero-order valence-corrected chi connectivity index (χ0v) is 16.8. The number of rotatable bonds is 6. The molecule has 0 saturated heterocycles. The fraction of sp³-hybridized carbons (Fsp3) is 0.182. The lowest BCUT2D eigenvalue weighted by atomic mass is 10.1. The van der Waals surface area contributed by atoms with E-state index >= 15 is 0 Å². The van der Waals surface area contributed by atoms with Crippen molar-refractivity contribution in [3.05, 3.63) is 55.0 Å². The molecule has 2 aromatic carbocycles. The highest BCUT2D eigenvalue weighted by Crippen LogP contribution is 2.36. The molecule has 4 aromatic rings. The van der Waals surface area contributed by atoms with Crippen molar-refractivity contribution < 1.29 is 14.2 Å². The van der Waals surface area contributed by atoms with E-state index in [1.54, 1.807) is 32.2 Å². The van der Waals surface area contributed by atoms with Gasteiger partial charge in [0.1, 0.15) is 5.75 Å². The highest BCUT2D eigenvalue weighted by Gasteiger charge is 2.11. The van der Waals surface area contributed by atoms with Gasteiger partial charge in [0.2, 0.25) is 0 Å². The van der Waals surface area contributed by atoms with Gasteiger partial charge in [0.05, 0.1) is 33.0 Å². The Morgan fingerprint density at radius 1 is 0.897 bits per heavy atom. The minimum absolute atomic E-state index is 0.643. The van der Waals surface area contributed by atoms with E-state index in [0.717, 1.165) is 39.2 Å². The van der Waals surface area contributed by atoms with E-state index in [9.17, 15) is 0 Å². The van der Waals surface area contributed by atoms with Gasteiger partial charge in [-0.25, -0.2) is 0 Å². The summed E-state index contributed by atoms with van der Waals surface area (Å²) in [6, 6.07) is 11.7. The number of hydrogen-bond acceptors (Lipinski definition) is 6. The fourth-order valence-electron chi connectivity index (χ4n) is 3.26. The first-order valence-electron chi connectivity index (χ1n) is 9.07. The third-order valence-electron chi connectivity index (χ3n) is 4.71. The highest BCUT2D eigenvalue weighted by atomic mass is 16.5. The molecule has 29 heavy (non-hydrogen) atoms. The van der Waals surface area contributed by atoms with Crippen LogP contribution in [-0.4, -0.2) is 36.1 Å². The maximum absolute atomic E-state index is 5.50. The van der Waals surface area contributed by atoms with E-state index in [0.29, 0.717) is 11.5 Å². The Hall–Kier alpha value is -3.74. The van der Waals surface area contributed by atoms with Crippen LogP contribution >= 0.6 is 0 Å². The van der Waals surface area contributed by atoms with Crippen LogP contribution in [-0.2, 0) is 7.05 Å². The fourth-order valence-corrected chi connectivity index (χ4v) is 3.26. The Kier molecular flexibility index (Phi) is 4.95. The molecule has 1 N–H and O–H groups in total. The zero-order valence-electron chi connectivity index (χ0n) is 16.8. The maximum Gasteiger partial charge on any atom is 0.162 e. The van der Waals surface area contributed by atoms with Crippen molar-refractivity contribution in [3.8, 4) is 28.4 Å². The number of nitrogens with zero attached hydrogens (tertiary/aromatic N) is 3. The second-order valence-corrected chi connectivity index (χ2v) is 6.56. The molecule has 0 spiro atoms. The van der Waals surface area contributed by atoms with Gasteiger partial charge in [-0.05, 0) is 29.8 Å². The molecule has 0 aliphatic heterocycles. The summed E-state index contributed by atoms with van der Waals surface area (Å²) in [6.07, 6.45) is 5.56.